The van der Waals surface area contributed by atoms with Gasteiger partial charge in [-0.25, -0.2) is 4.79 Å². The smallest absolute Gasteiger partial charge is 0.333 e. The molecule has 1 aliphatic rings. The molecule has 1 aliphatic heterocycles. The van der Waals surface area contributed by atoms with Crippen molar-refractivity contribution in [1.29, 1.82) is 0 Å². The zero-order valence-electron chi connectivity index (χ0n) is 20.0. The van der Waals surface area contributed by atoms with Gasteiger partial charge in [0.05, 0.1) is 36.3 Å². The number of aromatic nitrogens is 2. The van der Waals surface area contributed by atoms with Crippen molar-refractivity contribution in [2.45, 2.75) is 44.9 Å². The topological polar surface area (TPSA) is 126 Å². The summed E-state index contributed by atoms with van der Waals surface area (Å²) in [6, 6.07) is 6.23. The summed E-state index contributed by atoms with van der Waals surface area (Å²) in [7, 11) is 0. The zero-order chi connectivity index (χ0) is 26.2. The van der Waals surface area contributed by atoms with Crippen LogP contribution in [0.15, 0.2) is 89.2 Å². The number of hydrogen-bond donors (Lipinski definition) is 1. The molecular formula is C26H29N3O7. The number of benzene rings is 1. The Kier molecular flexibility index (Phi) is 9.07. The van der Waals surface area contributed by atoms with Crippen LogP contribution in [0.5, 0.6) is 0 Å². The fourth-order valence-corrected chi connectivity index (χ4v) is 3.95. The van der Waals surface area contributed by atoms with Crippen molar-refractivity contribution in [3.63, 3.8) is 0 Å². The van der Waals surface area contributed by atoms with Crippen molar-refractivity contribution in [3.8, 4) is 0 Å². The predicted molar refractivity (Wildman–Crippen MR) is 135 cm³/mol. The van der Waals surface area contributed by atoms with E-state index in [1.807, 2.05) is 0 Å². The van der Waals surface area contributed by atoms with Crippen LogP contribution in [0.2, 0.25) is 0 Å². The van der Waals surface area contributed by atoms with Crippen LogP contribution in [-0.2, 0) is 22.6 Å². The van der Waals surface area contributed by atoms with Gasteiger partial charge in [-0.1, -0.05) is 55.7 Å². The number of ether oxygens (including phenoxy) is 2. The number of nitrogens with zero attached hydrogens (tertiary/aromatic N) is 3. The summed E-state index contributed by atoms with van der Waals surface area (Å²) in [5, 5.41) is 21.1. The Morgan fingerprint density at radius 1 is 1.31 bits per heavy atom. The Bertz CT molecular complexity index is 1310. The summed E-state index contributed by atoms with van der Waals surface area (Å²) in [6.45, 7) is 8.53. The van der Waals surface area contributed by atoms with Crippen LogP contribution in [0.1, 0.15) is 23.8 Å². The third-order valence-electron chi connectivity index (χ3n) is 5.84. The molecule has 0 amide bonds. The van der Waals surface area contributed by atoms with Crippen molar-refractivity contribution >= 4 is 5.69 Å². The van der Waals surface area contributed by atoms with E-state index in [9.17, 15) is 24.8 Å². The molecular weight excluding hydrogens is 466 g/mol. The van der Waals surface area contributed by atoms with E-state index >= 15 is 0 Å². The minimum absolute atomic E-state index is 0.0120. The van der Waals surface area contributed by atoms with Crippen molar-refractivity contribution < 1.29 is 19.5 Å². The summed E-state index contributed by atoms with van der Waals surface area (Å²) < 4.78 is 14.2. The van der Waals surface area contributed by atoms with Gasteiger partial charge in [0.15, 0.2) is 0 Å². The molecule has 1 N–H and O–H groups in total. The number of aryl methyl sites for hydroxylation is 1. The first-order valence-corrected chi connectivity index (χ1v) is 11.3. The third-order valence-corrected chi connectivity index (χ3v) is 5.84. The number of hydrogen-bond acceptors (Lipinski definition) is 7. The zero-order valence-corrected chi connectivity index (χ0v) is 20.0. The van der Waals surface area contributed by atoms with E-state index in [1.165, 1.54) is 16.8 Å². The van der Waals surface area contributed by atoms with Gasteiger partial charge >= 0.3 is 5.69 Å². The van der Waals surface area contributed by atoms with E-state index in [4.69, 9.17) is 9.47 Å². The van der Waals surface area contributed by atoms with Gasteiger partial charge in [-0.05, 0) is 18.6 Å². The van der Waals surface area contributed by atoms with Gasteiger partial charge in [0, 0.05) is 24.2 Å². The molecule has 1 aromatic carbocycles. The number of nitro groups is 1. The lowest BCUT2D eigenvalue weighted by Crippen LogP contribution is -2.42. The number of rotatable bonds is 11. The molecule has 1 aromatic heterocycles. The quantitative estimate of drug-likeness (QED) is 0.289. The molecule has 3 atom stereocenters. The molecule has 0 radical (unpaired) electrons. The molecule has 1 fully saturated rings. The van der Waals surface area contributed by atoms with Gasteiger partial charge in [0.2, 0.25) is 0 Å². The van der Waals surface area contributed by atoms with Crippen molar-refractivity contribution in [1.82, 2.24) is 9.13 Å². The molecule has 190 valence electrons. The van der Waals surface area contributed by atoms with Crippen LogP contribution >= 0.6 is 0 Å². The van der Waals surface area contributed by atoms with Crippen molar-refractivity contribution in [3.05, 3.63) is 122 Å². The van der Waals surface area contributed by atoms with Gasteiger partial charge in [-0.3, -0.25) is 24.0 Å². The van der Waals surface area contributed by atoms with E-state index in [2.05, 4.69) is 13.2 Å². The van der Waals surface area contributed by atoms with Gasteiger partial charge in [0.1, 0.15) is 12.3 Å². The molecule has 1 saturated heterocycles. The molecule has 2 aromatic rings. The van der Waals surface area contributed by atoms with Crippen LogP contribution in [0.3, 0.4) is 0 Å². The van der Waals surface area contributed by atoms with E-state index in [0.717, 1.165) is 4.57 Å². The highest BCUT2D eigenvalue weighted by molar-refractivity contribution is 5.39. The van der Waals surface area contributed by atoms with Crippen LogP contribution < -0.4 is 11.2 Å². The van der Waals surface area contributed by atoms with Gasteiger partial charge in [0.25, 0.3) is 11.2 Å². The highest BCUT2D eigenvalue weighted by Gasteiger charge is 2.37. The monoisotopic (exact) mass is 495 g/mol. The number of aliphatic hydroxyl groups excluding tert-OH is 1. The van der Waals surface area contributed by atoms with E-state index in [0.29, 0.717) is 16.7 Å². The van der Waals surface area contributed by atoms with Crippen LogP contribution in [0.4, 0.5) is 5.69 Å². The van der Waals surface area contributed by atoms with E-state index < -0.39 is 34.6 Å². The summed E-state index contributed by atoms with van der Waals surface area (Å²) >= 11 is 0. The summed E-state index contributed by atoms with van der Waals surface area (Å²) in [5.74, 6) is 0. The van der Waals surface area contributed by atoms with E-state index in [-0.39, 0.29) is 31.9 Å². The summed E-state index contributed by atoms with van der Waals surface area (Å²) in [6.07, 6.45) is 7.80. The fraction of sp³-hybridized carbons (Fsp3) is 0.308. The lowest BCUT2D eigenvalue weighted by atomic mass is 10.1. The average Bonchev–Trinajstić information content (AvgIpc) is 3.29. The standard InChI is InChI=1S/C26H29N3O7/c1-4-6-7-10-19(5-2)15-28-25(31)18(3)14-27(26(28)32)24-13-22(23(16-30)36-24)35-17-20-11-8-9-12-21(20)29(33)34/h4-12,14,22-24,30H,1-2,13,15-17H2,3H3/b7-6-,19-10+/t22-,23?,24-/m1/s1. The molecule has 36 heavy (non-hydrogen) atoms. The Morgan fingerprint density at radius 2 is 2.06 bits per heavy atom. The summed E-state index contributed by atoms with van der Waals surface area (Å²) in [5.41, 5.74) is 0.299. The van der Waals surface area contributed by atoms with Crippen molar-refractivity contribution in [2.75, 3.05) is 6.61 Å². The fourth-order valence-electron chi connectivity index (χ4n) is 3.95. The number of nitro benzene ring substituents is 1. The second-order valence-corrected chi connectivity index (χ2v) is 8.24. The molecule has 0 aliphatic carbocycles. The number of para-hydroxylation sites is 1. The SMILES string of the molecule is C=C/C=C\C=C(/C=C)Cn1c(=O)c(C)cn([C@H]2C[C@@H](OCc3ccccc3[N+](=O)[O-])C(CO)O2)c1=O. The minimum Gasteiger partial charge on any atom is -0.394 e. The largest absolute Gasteiger partial charge is 0.394 e. The molecule has 0 saturated carbocycles. The molecule has 2 heterocycles. The first kappa shape index (κ1) is 26.7. The molecule has 0 spiro atoms. The maximum atomic E-state index is 13.3. The summed E-state index contributed by atoms with van der Waals surface area (Å²) in [4.78, 5) is 36.8. The highest BCUT2D eigenvalue weighted by Crippen LogP contribution is 2.31. The first-order chi connectivity index (χ1) is 17.3. The van der Waals surface area contributed by atoms with Crippen LogP contribution in [0.25, 0.3) is 0 Å². The van der Waals surface area contributed by atoms with E-state index in [1.54, 1.807) is 55.5 Å². The van der Waals surface area contributed by atoms with Gasteiger partial charge < -0.3 is 14.6 Å². The third kappa shape index (κ3) is 6.03. The predicted octanol–water partition coefficient (Wildman–Crippen LogP) is 2.95. The first-order valence-electron chi connectivity index (χ1n) is 11.3. The molecule has 1 unspecified atom stereocenters. The Labute approximate surface area is 207 Å². The van der Waals surface area contributed by atoms with Crippen LogP contribution in [-0.4, -0.2) is 38.0 Å². The molecule has 3 rings (SSSR count). The van der Waals surface area contributed by atoms with Crippen LogP contribution in [0, 0.1) is 17.0 Å². The average molecular weight is 496 g/mol. The number of allylic oxidation sites excluding steroid dienone is 6. The second kappa shape index (κ2) is 12.2. The Morgan fingerprint density at radius 3 is 2.72 bits per heavy atom. The molecule has 10 nitrogen and oxygen atoms in total. The maximum Gasteiger partial charge on any atom is 0.333 e. The highest BCUT2D eigenvalue weighted by atomic mass is 16.6. The lowest BCUT2D eigenvalue weighted by molar-refractivity contribution is -0.386. The molecule has 10 heteroatoms. The van der Waals surface area contributed by atoms with Crippen molar-refractivity contribution in [2.24, 2.45) is 0 Å². The number of aliphatic hydroxyl groups is 1. The second-order valence-electron chi connectivity index (χ2n) is 8.24. The Hall–Kier alpha value is -3.86. The molecule has 0 bridgehead atoms. The van der Waals surface area contributed by atoms with Gasteiger partial charge in [-0.2, -0.15) is 0 Å². The maximum absolute atomic E-state index is 13.3. The minimum atomic E-state index is -0.798. The van der Waals surface area contributed by atoms with Gasteiger partial charge in [-0.15, -0.1) is 0 Å². The lowest BCUT2D eigenvalue weighted by Gasteiger charge is -2.17. The Balaban J connectivity index is 1.86. The normalized spacial score (nSPS) is 20.1.